The molecular formula is C20H16F3N7O3S. The number of hydrogen-bond donors (Lipinski definition) is 3. The lowest BCUT2D eigenvalue weighted by molar-refractivity contribution is -0.141. The fraction of sp³-hybridized carbons (Fsp3) is 0.200. The molecule has 0 saturated carbocycles. The smallest absolute Gasteiger partial charge is 0.433 e. The van der Waals surface area contributed by atoms with Crippen LogP contribution in [0.4, 0.5) is 19.0 Å². The molecule has 1 amide bonds. The molecule has 14 heteroatoms. The number of thiophene rings is 1. The maximum Gasteiger partial charge on any atom is 0.433 e. The van der Waals surface area contributed by atoms with Crippen LogP contribution in [0.25, 0.3) is 11.0 Å². The van der Waals surface area contributed by atoms with Crippen LogP contribution in [0.5, 0.6) is 0 Å². The SMILES string of the molecule is Cn1nc(NCc2ccc(C(=O)O)s2)c2ncnc(C(=O)NCc3ccnc(C(F)(F)F)c3)c21. The Morgan fingerprint density at radius 1 is 1.15 bits per heavy atom. The predicted octanol–water partition coefficient (Wildman–Crippen LogP) is 3.08. The van der Waals surface area contributed by atoms with E-state index in [0.717, 1.165) is 28.5 Å². The number of aryl methyl sites for hydroxylation is 1. The quantitative estimate of drug-likeness (QED) is 0.359. The van der Waals surface area contributed by atoms with Crippen molar-refractivity contribution in [2.45, 2.75) is 19.3 Å². The molecule has 0 fully saturated rings. The second-order valence-corrected chi connectivity index (χ2v) is 8.21. The Morgan fingerprint density at radius 2 is 1.94 bits per heavy atom. The highest BCUT2D eigenvalue weighted by Crippen LogP contribution is 2.28. The van der Waals surface area contributed by atoms with Crippen LogP contribution in [0, 0.1) is 0 Å². The van der Waals surface area contributed by atoms with Gasteiger partial charge in [-0.05, 0) is 29.8 Å². The van der Waals surface area contributed by atoms with Crippen LogP contribution < -0.4 is 10.6 Å². The molecule has 0 aliphatic heterocycles. The van der Waals surface area contributed by atoms with Crippen LogP contribution in [0.15, 0.2) is 36.8 Å². The zero-order chi connectivity index (χ0) is 24.5. The molecule has 0 unspecified atom stereocenters. The first kappa shape index (κ1) is 23.1. The summed E-state index contributed by atoms with van der Waals surface area (Å²) in [6, 6.07) is 5.43. The van der Waals surface area contributed by atoms with Gasteiger partial charge in [0.25, 0.3) is 5.91 Å². The maximum absolute atomic E-state index is 12.9. The molecule has 4 aromatic heterocycles. The minimum Gasteiger partial charge on any atom is -0.477 e. The molecule has 4 aromatic rings. The number of nitrogens with zero attached hydrogens (tertiary/aromatic N) is 5. The van der Waals surface area contributed by atoms with E-state index in [1.54, 1.807) is 13.1 Å². The van der Waals surface area contributed by atoms with Gasteiger partial charge in [0.2, 0.25) is 0 Å². The number of carbonyl (C=O) groups excluding carboxylic acids is 1. The summed E-state index contributed by atoms with van der Waals surface area (Å²) in [6.45, 7) is 0.127. The number of anilines is 1. The number of aromatic nitrogens is 5. The number of alkyl halides is 3. The number of pyridine rings is 1. The number of amides is 1. The van der Waals surface area contributed by atoms with Gasteiger partial charge in [-0.2, -0.15) is 18.3 Å². The first-order chi connectivity index (χ1) is 16.1. The summed E-state index contributed by atoms with van der Waals surface area (Å²) in [5.74, 6) is -1.26. The minimum atomic E-state index is -4.59. The lowest BCUT2D eigenvalue weighted by atomic mass is 10.2. The van der Waals surface area contributed by atoms with Gasteiger partial charge < -0.3 is 15.7 Å². The minimum absolute atomic E-state index is 0.00226. The molecule has 0 aliphatic carbocycles. The van der Waals surface area contributed by atoms with Crippen molar-refractivity contribution in [2.24, 2.45) is 7.05 Å². The molecule has 4 rings (SSSR count). The molecule has 4 heterocycles. The van der Waals surface area contributed by atoms with Crippen molar-refractivity contribution in [1.29, 1.82) is 0 Å². The third-order valence-corrected chi connectivity index (χ3v) is 5.78. The van der Waals surface area contributed by atoms with Crippen LogP contribution >= 0.6 is 11.3 Å². The van der Waals surface area contributed by atoms with Crippen molar-refractivity contribution in [3.05, 3.63) is 63.5 Å². The molecule has 0 radical (unpaired) electrons. The van der Waals surface area contributed by atoms with E-state index < -0.39 is 23.7 Å². The summed E-state index contributed by atoms with van der Waals surface area (Å²) in [5, 5.41) is 19.0. The second kappa shape index (κ2) is 9.05. The van der Waals surface area contributed by atoms with Crippen LogP contribution in [-0.2, 0) is 26.3 Å². The van der Waals surface area contributed by atoms with E-state index in [-0.39, 0.29) is 22.7 Å². The van der Waals surface area contributed by atoms with E-state index in [1.165, 1.54) is 23.1 Å². The number of halogens is 3. The van der Waals surface area contributed by atoms with Gasteiger partial charge in [0.15, 0.2) is 11.5 Å². The van der Waals surface area contributed by atoms with Gasteiger partial charge in [-0.3, -0.25) is 14.5 Å². The monoisotopic (exact) mass is 491 g/mol. The number of carboxylic acids is 1. The van der Waals surface area contributed by atoms with Crippen LogP contribution in [-0.4, -0.2) is 41.7 Å². The molecule has 10 nitrogen and oxygen atoms in total. The molecule has 0 aliphatic rings. The van der Waals surface area contributed by atoms with Gasteiger partial charge in [-0.15, -0.1) is 11.3 Å². The fourth-order valence-corrected chi connectivity index (χ4v) is 3.94. The molecule has 3 N–H and O–H groups in total. The molecule has 34 heavy (non-hydrogen) atoms. The lowest BCUT2D eigenvalue weighted by Gasteiger charge is -2.09. The molecule has 176 valence electrons. The van der Waals surface area contributed by atoms with Gasteiger partial charge in [0, 0.05) is 24.7 Å². The molecule has 0 saturated heterocycles. The molecule has 0 aromatic carbocycles. The van der Waals surface area contributed by atoms with Gasteiger partial charge >= 0.3 is 12.1 Å². The highest BCUT2D eigenvalue weighted by Gasteiger charge is 2.32. The highest BCUT2D eigenvalue weighted by molar-refractivity contribution is 7.13. The summed E-state index contributed by atoms with van der Waals surface area (Å²) in [6.07, 6.45) is -2.37. The highest BCUT2D eigenvalue weighted by atomic mass is 32.1. The van der Waals surface area contributed by atoms with Crippen LogP contribution in [0.2, 0.25) is 0 Å². The fourth-order valence-electron chi connectivity index (χ4n) is 3.16. The number of nitrogens with one attached hydrogen (secondary N) is 2. The molecule has 0 spiro atoms. The number of fused-ring (bicyclic) bond motifs is 1. The molecule has 0 atom stereocenters. The van der Waals surface area contributed by atoms with Crippen molar-refractivity contribution in [3.8, 4) is 0 Å². The zero-order valence-electron chi connectivity index (χ0n) is 17.4. The van der Waals surface area contributed by atoms with Gasteiger partial charge in [0.05, 0.1) is 6.54 Å². The predicted molar refractivity (Wildman–Crippen MR) is 115 cm³/mol. The van der Waals surface area contributed by atoms with Gasteiger partial charge in [0.1, 0.15) is 27.9 Å². The Morgan fingerprint density at radius 3 is 2.65 bits per heavy atom. The summed E-state index contributed by atoms with van der Waals surface area (Å²) in [5.41, 5.74) is -0.133. The Hall–Kier alpha value is -4.07. The summed E-state index contributed by atoms with van der Waals surface area (Å²) in [7, 11) is 1.60. The number of hydrogen-bond acceptors (Lipinski definition) is 8. The summed E-state index contributed by atoms with van der Waals surface area (Å²) >= 11 is 1.12. The summed E-state index contributed by atoms with van der Waals surface area (Å²) < 4.78 is 40.0. The largest absolute Gasteiger partial charge is 0.477 e. The van der Waals surface area contributed by atoms with E-state index in [4.69, 9.17) is 5.11 Å². The first-order valence-electron chi connectivity index (χ1n) is 9.67. The number of carbonyl (C=O) groups is 2. The number of aromatic carboxylic acids is 1. The van der Waals surface area contributed by atoms with Crippen molar-refractivity contribution in [1.82, 2.24) is 30.0 Å². The third kappa shape index (κ3) is 4.80. The number of rotatable bonds is 7. The van der Waals surface area contributed by atoms with Crippen molar-refractivity contribution < 1.29 is 27.9 Å². The van der Waals surface area contributed by atoms with Crippen LogP contribution in [0.1, 0.15) is 36.3 Å². The zero-order valence-corrected chi connectivity index (χ0v) is 18.2. The number of carboxylic acid groups (broad SMARTS) is 1. The Bertz CT molecular complexity index is 1380. The van der Waals surface area contributed by atoms with Crippen molar-refractivity contribution >= 4 is 40.1 Å². The van der Waals surface area contributed by atoms with E-state index >= 15 is 0 Å². The van der Waals surface area contributed by atoms with E-state index in [1.807, 2.05) is 0 Å². The van der Waals surface area contributed by atoms with Crippen molar-refractivity contribution in [2.75, 3.05) is 5.32 Å². The van der Waals surface area contributed by atoms with Crippen molar-refractivity contribution in [3.63, 3.8) is 0 Å². The lowest BCUT2D eigenvalue weighted by Crippen LogP contribution is -2.25. The Labute approximate surface area is 193 Å². The van der Waals surface area contributed by atoms with E-state index in [0.29, 0.717) is 23.4 Å². The van der Waals surface area contributed by atoms with Gasteiger partial charge in [-0.25, -0.2) is 14.8 Å². The molecule has 0 bridgehead atoms. The van der Waals surface area contributed by atoms with E-state index in [2.05, 4.69) is 30.7 Å². The average molecular weight is 491 g/mol. The van der Waals surface area contributed by atoms with E-state index in [9.17, 15) is 22.8 Å². The first-order valence-corrected chi connectivity index (χ1v) is 10.5. The molecular weight excluding hydrogens is 475 g/mol. The van der Waals surface area contributed by atoms with Crippen LogP contribution in [0.3, 0.4) is 0 Å². The topological polar surface area (TPSA) is 135 Å². The maximum atomic E-state index is 12.9. The Kier molecular flexibility index (Phi) is 6.15. The Balaban J connectivity index is 1.51. The summed E-state index contributed by atoms with van der Waals surface area (Å²) in [4.78, 5) is 36.3. The standard InChI is InChI=1S/C20H16F3N7O3S/c1-30-16-14(17(29-30)25-8-11-2-3-12(34-11)19(32)33)27-9-28-15(16)18(31)26-7-10-4-5-24-13(6-10)20(21,22)23/h2-6,9H,7-8H2,1H3,(H,25,29)(H,26,31)(H,32,33). The normalized spacial score (nSPS) is 11.5. The second-order valence-electron chi connectivity index (χ2n) is 7.05. The van der Waals surface area contributed by atoms with Gasteiger partial charge in [-0.1, -0.05) is 0 Å². The third-order valence-electron chi connectivity index (χ3n) is 4.71. The average Bonchev–Trinajstić information content (AvgIpc) is 3.40.